The fourth-order valence-electron chi connectivity index (χ4n) is 3.99. The Hall–Kier alpha value is -2.68. The van der Waals surface area contributed by atoms with E-state index in [1.807, 2.05) is 12.3 Å². The van der Waals surface area contributed by atoms with E-state index in [2.05, 4.69) is 25.2 Å². The monoisotopic (exact) mass is 359 g/mol. The molecule has 138 valence electrons. The van der Waals surface area contributed by atoms with Crippen molar-refractivity contribution in [3.05, 3.63) is 18.6 Å². The minimum Gasteiger partial charge on any atom is -0.480 e. The quantitative estimate of drug-likeness (QED) is 0.596. The van der Waals surface area contributed by atoms with Crippen LogP contribution in [0.15, 0.2) is 18.6 Å². The number of piperidine rings is 1. The van der Waals surface area contributed by atoms with Gasteiger partial charge in [-0.2, -0.15) is 0 Å². The number of carboxylic acids is 1. The molecule has 0 radical (unpaired) electrons. The van der Waals surface area contributed by atoms with Gasteiger partial charge in [0, 0.05) is 25.2 Å². The maximum atomic E-state index is 12.6. The second-order valence-corrected chi connectivity index (χ2v) is 7.14. The summed E-state index contributed by atoms with van der Waals surface area (Å²) in [5.41, 5.74) is 0.640. The Kier molecular flexibility index (Phi) is 4.03. The zero-order chi connectivity index (χ0) is 18.3. The molecule has 1 aliphatic heterocycles. The van der Waals surface area contributed by atoms with E-state index in [-0.39, 0.29) is 17.2 Å². The number of H-pyrrole nitrogens is 1. The highest BCUT2D eigenvalue weighted by atomic mass is 16.4. The van der Waals surface area contributed by atoms with Gasteiger partial charge in [0.25, 0.3) is 0 Å². The van der Waals surface area contributed by atoms with Gasteiger partial charge in [0.1, 0.15) is 23.8 Å². The highest BCUT2D eigenvalue weighted by molar-refractivity contribution is 5.88. The number of rotatable bonds is 5. The lowest BCUT2D eigenvalue weighted by Crippen LogP contribution is -2.52. The summed E-state index contributed by atoms with van der Waals surface area (Å²) in [7, 11) is 0. The van der Waals surface area contributed by atoms with Gasteiger partial charge in [-0.15, -0.1) is 0 Å². The summed E-state index contributed by atoms with van der Waals surface area (Å²) in [5.74, 6) is -0.882. The topological polar surface area (TPSA) is 131 Å². The van der Waals surface area contributed by atoms with Gasteiger partial charge in [-0.25, -0.2) is 14.8 Å². The smallest absolute Gasteiger partial charge is 0.328 e. The van der Waals surface area contributed by atoms with Crippen molar-refractivity contribution in [1.82, 2.24) is 20.3 Å². The predicted molar refractivity (Wildman–Crippen MR) is 92.5 cm³/mol. The van der Waals surface area contributed by atoms with Crippen LogP contribution in [0.2, 0.25) is 0 Å². The molecule has 2 atom stereocenters. The highest BCUT2D eigenvalue weighted by Crippen LogP contribution is 2.56. The molecule has 4 rings (SSSR count). The molecule has 1 amide bonds. The standard InChI is InChI=1S/C17H21N5O4/c23-7-12(16(25)26)21-15(24)11-2-6-22(8-17(11)3-4-17)14-10-1-5-18-13(10)19-9-20-14/h1,5,9,11-12,23H,2-4,6-8H2,(H,21,24)(H,25,26)(H,18,19,20)/t11-,12-/m1/s1. The van der Waals surface area contributed by atoms with Crippen LogP contribution in [-0.4, -0.2) is 62.8 Å². The van der Waals surface area contributed by atoms with E-state index < -0.39 is 18.6 Å². The van der Waals surface area contributed by atoms with Crippen molar-refractivity contribution in [1.29, 1.82) is 0 Å². The molecular formula is C17H21N5O4. The molecule has 9 nitrogen and oxygen atoms in total. The summed E-state index contributed by atoms with van der Waals surface area (Å²) in [6.07, 6.45) is 5.85. The van der Waals surface area contributed by atoms with Crippen LogP contribution in [0.4, 0.5) is 5.82 Å². The minimum atomic E-state index is -1.25. The van der Waals surface area contributed by atoms with E-state index >= 15 is 0 Å². The number of aromatic nitrogens is 3. The van der Waals surface area contributed by atoms with Crippen LogP contribution < -0.4 is 10.2 Å². The molecule has 2 aromatic rings. The third kappa shape index (κ3) is 2.78. The zero-order valence-corrected chi connectivity index (χ0v) is 14.2. The Balaban J connectivity index is 1.51. The maximum absolute atomic E-state index is 12.6. The SMILES string of the molecule is O=C(N[C@H](CO)C(=O)O)[C@H]1CCN(c2ncnc3[nH]ccc23)CC12CC2. The third-order valence-electron chi connectivity index (χ3n) is 5.57. The molecule has 1 saturated heterocycles. The minimum absolute atomic E-state index is 0.144. The first-order valence-electron chi connectivity index (χ1n) is 8.71. The van der Waals surface area contributed by atoms with Crippen LogP contribution in [0.3, 0.4) is 0 Å². The summed E-state index contributed by atoms with van der Waals surface area (Å²) in [5, 5.41) is 21.6. The number of carboxylic acid groups (broad SMARTS) is 1. The number of aliphatic hydroxyl groups is 1. The number of aliphatic carboxylic acids is 1. The Labute approximate surface area is 149 Å². The van der Waals surface area contributed by atoms with Crippen LogP contribution in [0.1, 0.15) is 19.3 Å². The lowest BCUT2D eigenvalue weighted by molar-refractivity contribution is -0.144. The van der Waals surface area contributed by atoms with E-state index in [1.54, 1.807) is 0 Å². The van der Waals surface area contributed by atoms with Gasteiger partial charge in [-0.3, -0.25) is 4.79 Å². The van der Waals surface area contributed by atoms with Gasteiger partial charge >= 0.3 is 5.97 Å². The van der Waals surface area contributed by atoms with E-state index in [0.717, 1.165) is 29.7 Å². The molecule has 1 saturated carbocycles. The molecule has 0 unspecified atom stereocenters. The number of aliphatic hydroxyl groups excluding tert-OH is 1. The number of nitrogens with one attached hydrogen (secondary N) is 2. The first kappa shape index (κ1) is 16.8. The number of aromatic amines is 1. The first-order chi connectivity index (χ1) is 12.5. The molecule has 2 fully saturated rings. The normalized spacial score (nSPS) is 22.3. The molecule has 3 heterocycles. The highest BCUT2D eigenvalue weighted by Gasteiger charge is 2.55. The number of hydrogen-bond acceptors (Lipinski definition) is 6. The fourth-order valence-corrected chi connectivity index (χ4v) is 3.99. The van der Waals surface area contributed by atoms with Crippen LogP contribution in [-0.2, 0) is 9.59 Å². The van der Waals surface area contributed by atoms with E-state index in [1.165, 1.54) is 6.33 Å². The number of amides is 1. The molecule has 2 aromatic heterocycles. The van der Waals surface area contributed by atoms with Crippen molar-refractivity contribution in [2.45, 2.75) is 25.3 Å². The molecule has 1 aliphatic carbocycles. The lowest BCUT2D eigenvalue weighted by atomic mass is 9.81. The second kappa shape index (κ2) is 6.24. The number of carbonyl (C=O) groups excluding carboxylic acids is 1. The van der Waals surface area contributed by atoms with E-state index in [9.17, 15) is 9.59 Å². The molecule has 0 bridgehead atoms. The van der Waals surface area contributed by atoms with Gasteiger partial charge in [0.05, 0.1) is 12.0 Å². The molecule has 2 aliphatic rings. The van der Waals surface area contributed by atoms with Crippen molar-refractivity contribution in [2.75, 3.05) is 24.6 Å². The maximum Gasteiger partial charge on any atom is 0.328 e. The van der Waals surface area contributed by atoms with Gasteiger partial charge < -0.3 is 25.4 Å². The Bertz CT molecular complexity index is 847. The summed E-state index contributed by atoms with van der Waals surface area (Å²) < 4.78 is 0. The average Bonchev–Trinajstić information content (AvgIpc) is 3.20. The molecule has 26 heavy (non-hydrogen) atoms. The van der Waals surface area contributed by atoms with Crippen molar-refractivity contribution >= 4 is 28.7 Å². The molecular weight excluding hydrogens is 338 g/mol. The summed E-state index contributed by atoms with van der Waals surface area (Å²) in [6, 6.07) is 0.694. The van der Waals surface area contributed by atoms with Crippen molar-refractivity contribution in [3.63, 3.8) is 0 Å². The number of hydrogen-bond donors (Lipinski definition) is 4. The Morgan fingerprint density at radius 3 is 2.92 bits per heavy atom. The second-order valence-electron chi connectivity index (χ2n) is 7.14. The van der Waals surface area contributed by atoms with E-state index in [4.69, 9.17) is 10.2 Å². The Morgan fingerprint density at radius 1 is 1.42 bits per heavy atom. The number of nitrogens with zero attached hydrogens (tertiary/aromatic N) is 3. The van der Waals surface area contributed by atoms with Gasteiger partial charge in [-0.1, -0.05) is 0 Å². The largest absolute Gasteiger partial charge is 0.480 e. The third-order valence-corrected chi connectivity index (χ3v) is 5.57. The van der Waals surface area contributed by atoms with Gasteiger partial charge in [0.2, 0.25) is 5.91 Å². The van der Waals surface area contributed by atoms with Crippen LogP contribution in [0, 0.1) is 11.3 Å². The summed E-state index contributed by atoms with van der Waals surface area (Å²) >= 11 is 0. The van der Waals surface area contributed by atoms with Crippen molar-refractivity contribution < 1.29 is 19.8 Å². The zero-order valence-electron chi connectivity index (χ0n) is 14.2. The number of fused-ring (bicyclic) bond motifs is 1. The Morgan fingerprint density at radius 2 is 2.23 bits per heavy atom. The van der Waals surface area contributed by atoms with Crippen molar-refractivity contribution in [2.24, 2.45) is 11.3 Å². The van der Waals surface area contributed by atoms with Gasteiger partial charge in [0.15, 0.2) is 0 Å². The number of anilines is 1. The summed E-state index contributed by atoms with van der Waals surface area (Å²) in [6.45, 7) is 0.757. The molecule has 0 aromatic carbocycles. The van der Waals surface area contributed by atoms with Crippen LogP contribution >= 0.6 is 0 Å². The fraction of sp³-hybridized carbons (Fsp3) is 0.529. The predicted octanol–water partition coefficient (Wildman–Crippen LogP) is 0.126. The molecule has 4 N–H and O–H groups in total. The van der Waals surface area contributed by atoms with Gasteiger partial charge in [-0.05, 0) is 30.7 Å². The number of carbonyl (C=O) groups is 2. The molecule has 9 heteroatoms. The van der Waals surface area contributed by atoms with Crippen LogP contribution in [0.5, 0.6) is 0 Å². The summed E-state index contributed by atoms with van der Waals surface area (Å²) in [4.78, 5) is 37.6. The van der Waals surface area contributed by atoms with Crippen LogP contribution in [0.25, 0.3) is 11.0 Å². The first-order valence-corrected chi connectivity index (χ1v) is 8.71. The van der Waals surface area contributed by atoms with E-state index in [0.29, 0.717) is 19.5 Å². The van der Waals surface area contributed by atoms with Crippen molar-refractivity contribution in [3.8, 4) is 0 Å². The average molecular weight is 359 g/mol. The molecule has 1 spiro atoms. The lowest BCUT2D eigenvalue weighted by Gasteiger charge is -2.39.